The number of carbonyl (C=O) groups excluding carboxylic acids is 1. The van der Waals surface area contributed by atoms with Crippen molar-refractivity contribution >= 4 is 5.97 Å². The fraction of sp³-hybridized carbons (Fsp3) is 0.143. The summed E-state index contributed by atoms with van der Waals surface area (Å²) in [7, 11) is 0. The van der Waals surface area contributed by atoms with Crippen LogP contribution in [0.25, 0.3) is 11.1 Å². The van der Waals surface area contributed by atoms with E-state index in [0.717, 1.165) is 5.56 Å². The molecule has 0 amide bonds. The summed E-state index contributed by atoms with van der Waals surface area (Å²) in [5.41, 5.74) is 1.59. The first-order valence-electron chi connectivity index (χ1n) is 5.59. The van der Waals surface area contributed by atoms with Gasteiger partial charge in [0.05, 0.1) is 12.2 Å². The predicted octanol–water partition coefficient (Wildman–Crippen LogP) is 3.06. The minimum Gasteiger partial charge on any atom is -0.462 e. The molecule has 0 aliphatic heterocycles. The molecule has 0 atom stereocenters. The Morgan fingerprint density at radius 1 is 1.28 bits per heavy atom. The number of aromatic nitrogens is 1. The van der Waals surface area contributed by atoms with E-state index in [1.807, 2.05) is 0 Å². The molecular formula is C14H12FNO2. The van der Waals surface area contributed by atoms with Crippen LogP contribution in [0.4, 0.5) is 4.39 Å². The zero-order valence-electron chi connectivity index (χ0n) is 9.89. The highest BCUT2D eigenvalue weighted by molar-refractivity contribution is 5.97. The number of ether oxygens (including phenoxy) is 1. The van der Waals surface area contributed by atoms with E-state index < -0.39 is 11.8 Å². The predicted molar refractivity (Wildman–Crippen MR) is 65.6 cm³/mol. The molecule has 0 unspecified atom stereocenters. The van der Waals surface area contributed by atoms with E-state index in [1.165, 1.54) is 18.2 Å². The Kier molecular flexibility index (Phi) is 3.67. The Bertz CT molecular complexity index is 555. The molecule has 2 aromatic rings. The average molecular weight is 245 g/mol. The van der Waals surface area contributed by atoms with Crippen molar-refractivity contribution in [2.24, 2.45) is 0 Å². The molecule has 0 radical (unpaired) electrons. The summed E-state index contributed by atoms with van der Waals surface area (Å²) < 4.78 is 18.3. The van der Waals surface area contributed by atoms with Crippen molar-refractivity contribution < 1.29 is 13.9 Å². The molecule has 92 valence electrons. The van der Waals surface area contributed by atoms with Gasteiger partial charge in [-0.15, -0.1) is 0 Å². The van der Waals surface area contributed by atoms with E-state index in [0.29, 0.717) is 11.1 Å². The molecule has 18 heavy (non-hydrogen) atoms. The van der Waals surface area contributed by atoms with Gasteiger partial charge in [-0.25, -0.2) is 9.18 Å². The summed E-state index contributed by atoms with van der Waals surface area (Å²) in [5.74, 6) is -0.848. The summed E-state index contributed by atoms with van der Waals surface area (Å²) in [6.45, 7) is 2.01. The van der Waals surface area contributed by atoms with E-state index in [2.05, 4.69) is 4.98 Å². The van der Waals surface area contributed by atoms with E-state index in [9.17, 15) is 9.18 Å². The van der Waals surface area contributed by atoms with Gasteiger partial charge in [-0.1, -0.05) is 0 Å². The van der Waals surface area contributed by atoms with Gasteiger partial charge >= 0.3 is 5.97 Å². The van der Waals surface area contributed by atoms with Crippen LogP contribution in [-0.4, -0.2) is 17.6 Å². The Balaban J connectivity index is 2.51. The maximum atomic E-state index is 13.3. The summed E-state index contributed by atoms with van der Waals surface area (Å²) in [4.78, 5) is 15.7. The number of hydrogen-bond donors (Lipinski definition) is 0. The fourth-order valence-corrected chi connectivity index (χ4v) is 1.67. The van der Waals surface area contributed by atoms with Gasteiger partial charge in [-0.05, 0) is 48.4 Å². The molecule has 0 aliphatic carbocycles. The minimum absolute atomic E-state index is 0.284. The van der Waals surface area contributed by atoms with Crippen molar-refractivity contribution in [1.29, 1.82) is 0 Å². The molecule has 1 heterocycles. The third kappa shape index (κ3) is 2.53. The number of nitrogens with zero attached hydrogens (tertiary/aromatic N) is 1. The summed E-state index contributed by atoms with van der Waals surface area (Å²) >= 11 is 0. The van der Waals surface area contributed by atoms with Gasteiger partial charge in [-0.3, -0.25) is 4.98 Å². The standard InChI is InChI=1S/C14H12FNO2/c1-2-18-14(17)12-4-3-11(15)9-13(12)10-5-7-16-8-6-10/h3-9H,2H2,1H3. The molecule has 3 nitrogen and oxygen atoms in total. The van der Waals surface area contributed by atoms with Crippen molar-refractivity contribution in [3.8, 4) is 11.1 Å². The maximum Gasteiger partial charge on any atom is 0.338 e. The first-order valence-corrected chi connectivity index (χ1v) is 5.59. The molecule has 0 fully saturated rings. The smallest absolute Gasteiger partial charge is 0.338 e. The largest absolute Gasteiger partial charge is 0.462 e. The molecule has 1 aromatic carbocycles. The van der Waals surface area contributed by atoms with Crippen LogP contribution in [0.1, 0.15) is 17.3 Å². The van der Waals surface area contributed by atoms with Crippen molar-refractivity contribution in [1.82, 2.24) is 4.98 Å². The number of hydrogen-bond acceptors (Lipinski definition) is 3. The fourth-order valence-electron chi connectivity index (χ4n) is 1.67. The number of pyridine rings is 1. The van der Waals surface area contributed by atoms with Gasteiger partial charge in [0.2, 0.25) is 0 Å². The highest BCUT2D eigenvalue weighted by atomic mass is 19.1. The lowest BCUT2D eigenvalue weighted by molar-refractivity contribution is 0.0527. The zero-order valence-corrected chi connectivity index (χ0v) is 9.89. The SMILES string of the molecule is CCOC(=O)c1ccc(F)cc1-c1ccncc1. The van der Waals surface area contributed by atoms with Crippen LogP contribution < -0.4 is 0 Å². The van der Waals surface area contributed by atoms with Crippen LogP contribution in [0, 0.1) is 5.82 Å². The summed E-state index contributed by atoms with van der Waals surface area (Å²) in [6.07, 6.45) is 3.18. The third-order valence-electron chi connectivity index (χ3n) is 2.47. The number of halogens is 1. The van der Waals surface area contributed by atoms with Crippen molar-refractivity contribution in [2.45, 2.75) is 6.92 Å². The Labute approximate surface area is 104 Å². The van der Waals surface area contributed by atoms with Crippen LogP contribution in [-0.2, 0) is 4.74 Å². The maximum absolute atomic E-state index is 13.3. The Hall–Kier alpha value is -2.23. The van der Waals surface area contributed by atoms with Crippen LogP contribution in [0.2, 0.25) is 0 Å². The first kappa shape index (κ1) is 12.2. The number of benzene rings is 1. The lowest BCUT2D eigenvalue weighted by Crippen LogP contribution is -2.06. The van der Waals surface area contributed by atoms with Crippen molar-refractivity contribution in [3.63, 3.8) is 0 Å². The lowest BCUT2D eigenvalue weighted by Gasteiger charge is -2.09. The second-order valence-electron chi connectivity index (χ2n) is 3.65. The van der Waals surface area contributed by atoms with Crippen molar-refractivity contribution in [3.05, 3.63) is 54.1 Å². The lowest BCUT2D eigenvalue weighted by atomic mass is 10.0. The molecule has 0 N–H and O–H groups in total. The van der Waals surface area contributed by atoms with Gasteiger partial charge in [0.15, 0.2) is 0 Å². The van der Waals surface area contributed by atoms with E-state index in [1.54, 1.807) is 31.5 Å². The van der Waals surface area contributed by atoms with Gasteiger partial charge < -0.3 is 4.74 Å². The van der Waals surface area contributed by atoms with E-state index in [-0.39, 0.29) is 6.61 Å². The van der Waals surface area contributed by atoms with Crippen LogP contribution in [0.3, 0.4) is 0 Å². The van der Waals surface area contributed by atoms with E-state index in [4.69, 9.17) is 4.74 Å². The highest BCUT2D eigenvalue weighted by Crippen LogP contribution is 2.24. The zero-order chi connectivity index (χ0) is 13.0. The van der Waals surface area contributed by atoms with Gasteiger partial charge in [0.25, 0.3) is 0 Å². The first-order chi connectivity index (χ1) is 8.72. The number of esters is 1. The van der Waals surface area contributed by atoms with Gasteiger partial charge in [0.1, 0.15) is 5.82 Å². The van der Waals surface area contributed by atoms with Gasteiger partial charge in [-0.2, -0.15) is 0 Å². The summed E-state index contributed by atoms with van der Waals surface area (Å²) in [6, 6.07) is 7.44. The van der Waals surface area contributed by atoms with E-state index >= 15 is 0 Å². The quantitative estimate of drug-likeness (QED) is 0.780. The number of rotatable bonds is 3. The molecule has 0 aliphatic rings. The normalized spacial score (nSPS) is 10.1. The molecule has 0 saturated heterocycles. The van der Waals surface area contributed by atoms with Crippen LogP contribution in [0.5, 0.6) is 0 Å². The molecule has 4 heteroatoms. The number of carbonyl (C=O) groups is 1. The topological polar surface area (TPSA) is 39.2 Å². The highest BCUT2D eigenvalue weighted by Gasteiger charge is 2.14. The minimum atomic E-state index is -0.454. The summed E-state index contributed by atoms with van der Waals surface area (Å²) in [5, 5.41) is 0. The third-order valence-corrected chi connectivity index (χ3v) is 2.47. The molecule has 2 rings (SSSR count). The average Bonchev–Trinajstić information content (AvgIpc) is 2.40. The molecule has 0 spiro atoms. The molecular weight excluding hydrogens is 233 g/mol. The monoisotopic (exact) mass is 245 g/mol. The van der Waals surface area contributed by atoms with Gasteiger partial charge in [0, 0.05) is 12.4 Å². The van der Waals surface area contributed by atoms with Crippen LogP contribution in [0.15, 0.2) is 42.7 Å². The second kappa shape index (κ2) is 5.40. The molecule has 1 aromatic heterocycles. The van der Waals surface area contributed by atoms with Crippen LogP contribution >= 0.6 is 0 Å². The molecule has 0 saturated carbocycles. The molecule has 0 bridgehead atoms. The Morgan fingerprint density at radius 3 is 2.67 bits per heavy atom. The van der Waals surface area contributed by atoms with Crippen molar-refractivity contribution in [2.75, 3.05) is 6.61 Å². The second-order valence-corrected chi connectivity index (χ2v) is 3.65. The Morgan fingerprint density at radius 2 is 2.00 bits per heavy atom.